The summed E-state index contributed by atoms with van der Waals surface area (Å²) in [7, 11) is 3.36. The minimum Gasteiger partial charge on any atom is -0.497 e. The summed E-state index contributed by atoms with van der Waals surface area (Å²) in [5.41, 5.74) is 0.646. The number of hydrogen-bond donors (Lipinski definition) is 1. The molecular weight excluding hydrogens is 258 g/mol. The summed E-state index contributed by atoms with van der Waals surface area (Å²) >= 11 is 0. The molecule has 0 unspecified atom stereocenters. The van der Waals surface area contributed by atoms with Gasteiger partial charge < -0.3 is 19.5 Å². The molecule has 0 heterocycles. The Morgan fingerprint density at radius 3 is 2.75 bits per heavy atom. The van der Waals surface area contributed by atoms with Crippen LogP contribution in [0.2, 0.25) is 0 Å². The van der Waals surface area contributed by atoms with Crippen LogP contribution in [-0.2, 0) is 4.79 Å². The van der Waals surface area contributed by atoms with Crippen molar-refractivity contribution in [2.45, 2.75) is 31.9 Å². The smallest absolute Gasteiger partial charge is 0.260 e. The topological polar surface area (TPSA) is 59.0 Å². The van der Waals surface area contributed by atoms with E-state index in [2.05, 4.69) is 0 Å². The monoisotopic (exact) mass is 279 g/mol. The van der Waals surface area contributed by atoms with Gasteiger partial charge in [0.05, 0.1) is 13.2 Å². The fourth-order valence-corrected chi connectivity index (χ4v) is 2.02. The van der Waals surface area contributed by atoms with E-state index in [0.717, 1.165) is 12.8 Å². The molecule has 0 aliphatic heterocycles. The van der Waals surface area contributed by atoms with Gasteiger partial charge in [0, 0.05) is 24.7 Å². The third-order valence-corrected chi connectivity index (χ3v) is 3.51. The summed E-state index contributed by atoms with van der Waals surface area (Å²) in [6, 6.07) is 5.56. The van der Waals surface area contributed by atoms with E-state index in [1.807, 2.05) is 0 Å². The van der Waals surface area contributed by atoms with Crippen LogP contribution in [0.25, 0.3) is 0 Å². The van der Waals surface area contributed by atoms with Crippen LogP contribution in [0.4, 0.5) is 0 Å². The first-order valence-electron chi connectivity index (χ1n) is 6.77. The van der Waals surface area contributed by atoms with E-state index in [0.29, 0.717) is 23.1 Å². The van der Waals surface area contributed by atoms with Gasteiger partial charge in [-0.2, -0.15) is 0 Å². The molecule has 20 heavy (non-hydrogen) atoms. The average Bonchev–Trinajstić information content (AvgIpc) is 3.27. The minimum absolute atomic E-state index is 0.0279. The largest absolute Gasteiger partial charge is 0.497 e. The number of aliphatic hydroxyl groups is 1. The number of benzene rings is 1. The van der Waals surface area contributed by atoms with E-state index in [9.17, 15) is 9.90 Å². The Hall–Kier alpha value is -1.75. The molecule has 1 aromatic carbocycles. The Kier molecular flexibility index (Phi) is 4.49. The summed E-state index contributed by atoms with van der Waals surface area (Å²) < 4.78 is 10.7. The summed E-state index contributed by atoms with van der Waals surface area (Å²) in [5, 5.41) is 9.72. The second-order valence-electron chi connectivity index (χ2n) is 5.10. The van der Waals surface area contributed by atoms with E-state index in [4.69, 9.17) is 9.47 Å². The maximum Gasteiger partial charge on any atom is 0.260 e. The van der Waals surface area contributed by atoms with Crippen molar-refractivity contribution < 1.29 is 19.4 Å². The SMILES string of the molecule is COc1ccc([C@@H](C)O)c(OCC(=O)N(C)C2CC2)c1. The van der Waals surface area contributed by atoms with Crippen molar-refractivity contribution in [3.63, 3.8) is 0 Å². The highest BCUT2D eigenvalue weighted by Crippen LogP contribution is 2.30. The average molecular weight is 279 g/mol. The number of carbonyl (C=O) groups excluding carboxylic acids is 1. The maximum absolute atomic E-state index is 11.9. The van der Waals surface area contributed by atoms with E-state index < -0.39 is 6.10 Å². The Labute approximate surface area is 119 Å². The number of rotatable bonds is 6. The van der Waals surface area contributed by atoms with Crippen molar-refractivity contribution in [1.29, 1.82) is 0 Å². The second-order valence-corrected chi connectivity index (χ2v) is 5.10. The third kappa shape index (κ3) is 3.42. The molecule has 0 bridgehead atoms. The first kappa shape index (κ1) is 14.7. The molecule has 1 fully saturated rings. The van der Waals surface area contributed by atoms with Crippen LogP contribution in [0, 0.1) is 0 Å². The molecule has 5 heteroatoms. The van der Waals surface area contributed by atoms with Gasteiger partial charge in [-0.05, 0) is 31.9 Å². The van der Waals surface area contributed by atoms with Gasteiger partial charge in [-0.15, -0.1) is 0 Å². The highest BCUT2D eigenvalue weighted by atomic mass is 16.5. The maximum atomic E-state index is 11.9. The number of carbonyl (C=O) groups is 1. The van der Waals surface area contributed by atoms with Crippen molar-refractivity contribution >= 4 is 5.91 Å². The molecule has 1 aliphatic carbocycles. The predicted octanol–water partition coefficient (Wildman–Crippen LogP) is 1.75. The van der Waals surface area contributed by atoms with Crippen LogP contribution in [0.1, 0.15) is 31.4 Å². The lowest BCUT2D eigenvalue weighted by atomic mass is 10.1. The lowest BCUT2D eigenvalue weighted by Crippen LogP contribution is -2.33. The molecular formula is C15H21NO4. The fourth-order valence-electron chi connectivity index (χ4n) is 2.02. The predicted molar refractivity (Wildman–Crippen MR) is 74.9 cm³/mol. The third-order valence-electron chi connectivity index (χ3n) is 3.51. The molecule has 110 valence electrons. The standard InChI is InChI=1S/C15H21NO4/c1-10(17)13-7-6-12(19-3)8-14(13)20-9-15(18)16(2)11-4-5-11/h6-8,10-11,17H,4-5,9H2,1-3H3/t10-/m1/s1. The normalized spacial score (nSPS) is 15.6. The van der Waals surface area contributed by atoms with Crippen LogP contribution in [0.5, 0.6) is 11.5 Å². The molecule has 0 saturated heterocycles. The summed E-state index contributed by atoms with van der Waals surface area (Å²) in [6.07, 6.45) is 1.48. The van der Waals surface area contributed by atoms with Crippen LogP contribution in [0.3, 0.4) is 0 Å². The Morgan fingerprint density at radius 2 is 2.20 bits per heavy atom. The van der Waals surface area contributed by atoms with Gasteiger partial charge in [0.1, 0.15) is 11.5 Å². The van der Waals surface area contributed by atoms with Crippen molar-refractivity contribution in [2.24, 2.45) is 0 Å². The molecule has 1 aliphatic rings. The summed E-state index contributed by atoms with van der Waals surface area (Å²) in [6.45, 7) is 1.63. The molecule has 0 radical (unpaired) electrons. The Balaban J connectivity index is 2.04. The number of amides is 1. The van der Waals surface area contributed by atoms with Crippen molar-refractivity contribution in [1.82, 2.24) is 4.90 Å². The molecule has 1 N–H and O–H groups in total. The van der Waals surface area contributed by atoms with E-state index in [-0.39, 0.29) is 12.5 Å². The minimum atomic E-state index is -0.660. The lowest BCUT2D eigenvalue weighted by molar-refractivity contribution is -0.132. The number of nitrogens with zero attached hydrogens (tertiary/aromatic N) is 1. The van der Waals surface area contributed by atoms with Crippen LogP contribution in [0.15, 0.2) is 18.2 Å². The van der Waals surface area contributed by atoms with Crippen molar-refractivity contribution in [3.8, 4) is 11.5 Å². The number of hydrogen-bond acceptors (Lipinski definition) is 4. The zero-order valence-corrected chi connectivity index (χ0v) is 12.1. The Bertz CT molecular complexity index is 483. The number of likely N-dealkylation sites (N-methyl/N-ethyl adjacent to an activating group) is 1. The number of ether oxygens (including phenoxy) is 2. The van der Waals surface area contributed by atoms with Gasteiger partial charge in [0.25, 0.3) is 5.91 Å². The molecule has 1 aromatic rings. The van der Waals surface area contributed by atoms with Crippen LogP contribution >= 0.6 is 0 Å². The van der Waals surface area contributed by atoms with Crippen LogP contribution in [-0.4, -0.2) is 42.7 Å². The van der Waals surface area contributed by atoms with Gasteiger partial charge in [-0.25, -0.2) is 0 Å². The van der Waals surface area contributed by atoms with Crippen molar-refractivity contribution in [2.75, 3.05) is 20.8 Å². The highest BCUT2D eigenvalue weighted by molar-refractivity contribution is 5.78. The lowest BCUT2D eigenvalue weighted by Gasteiger charge is -2.18. The zero-order chi connectivity index (χ0) is 14.7. The van der Waals surface area contributed by atoms with E-state index >= 15 is 0 Å². The van der Waals surface area contributed by atoms with Crippen molar-refractivity contribution in [3.05, 3.63) is 23.8 Å². The molecule has 0 spiro atoms. The summed E-state index contributed by atoms with van der Waals surface area (Å²) in [4.78, 5) is 13.7. The zero-order valence-electron chi connectivity index (χ0n) is 12.1. The van der Waals surface area contributed by atoms with Gasteiger partial charge in [-0.1, -0.05) is 0 Å². The van der Waals surface area contributed by atoms with E-state index in [1.165, 1.54) is 0 Å². The molecule has 1 saturated carbocycles. The van der Waals surface area contributed by atoms with Gasteiger partial charge in [-0.3, -0.25) is 4.79 Å². The van der Waals surface area contributed by atoms with Gasteiger partial charge in [0.15, 0.2) is 6.61 Å². The van der Waals surface area contributed by atoms with Crippen LogP contribution < -0.4 is 9.47 Å². The molecule has 2 rings (SSSR count). The highest BCUT2D eigenvalue weighted by Gasteiger charge is 2.29. The second kappa shape index (κ2) is 6.13. The first-order valence-corrected chi connectivity index (χ1v) is 6.77. The number of methoxy groups -OCH3 is 1. The summed E-state index contributed by atoms with van der Waals surface area (Å²) in [5.74, 6) is 1.07. The molecule has 1 atom stereocenters. The Morgan fingerprint density at radius 1 is 1.50 bits per heavy atom. The molecule has 1 amide bonds. The van der Waals surface area contributed by atoms with E-state index in [1.54, 1.807) is 44.2 Å². The van der Waals surface area contributed by atoms with Gasteiger partial charge in [0.2, 0.25) is 0 Å². The molecule has 0 aromatic heterocycles. The molecule has 5 nitrogen and oxygen atoms in total. The fraction of sp³-hybridized carbons (Fsp3) is 0.533. The number of aliphatic hydroxyl groups excluding tert-OH is 1. The quantitative estimate of drug-likeness (QED) is 0.862. The first-order chi connectivity index (χ1) is 9.52. The van der Waals surface area contributed by atoms with Gasteiger partial charge >= 0.3 is 0 Å².